The Morgan fingerprint density at radius 2 is 0.771 bits per heavy atom. The van der Waals surface area contributed by atoms with Gasteiger partial charge >= 0.3 is 16.3 Å². The van der Waals surface area contributed by atoms with Crippen LogP contribution < -0.4 is 21.3 Å². The van der Waals surface area contributed by atoms with Crippen LogP contribution >= 0.6 is 0 Å². The Morgan fingerprint density at radius 3 is 1.13 bits per heavy atom. The predicted molar refractivity (Wildman–Crippen MR) is 237 cm³/mol. The highest BCUT2D eigenvalue weighted by Crippen LogP contribution is 2.39. The summed E-state index contributed by atoms with van der Waals surface area (Å²) in [4.78, 5) is 32.3. The molecule has 6 rings (SSSR count). The molecule has 0 aliphatic heterocycles. The van der Waals surface area contributed by atoms with E-state index in [1.807, 2.05) is 0 Å². The molecule has 0 spiro atoms. The van der Waals surface area contributed by atoms with E-state index in [9.17, 15) is 105 Å². The van der Waals surface area contributed by atoms with Crippen LogP contribution in [-0.2, 0) is 70.9 Å². The molecule has 0 fully saturated rings. The van der Waals surface area contributed by atoms with Crippen molar-refractivity contribution >= 4 is 133 Å². The Kier molecular flexibility index (Phi) is 13.5. The summed E-state index contributed by atoms with van der Waals surface area (Å²) in [6.45, 7) is 0. The normalized spacial score (nSPS) is 12.9. The van der Waals surface area contributed by atoms with Gasteiger partial charge < -0.3 is 21.3 Å². The van der Waals surface area contributed by atoms with Gasteiger partial charge in [0, 0.05) is 44.0 Å². The number of carbonyl (C=O) groups is 3. The SMILES string of the molecule is O=C(Nc1cc(C(=O)Nc2ccc(S(=O)(=O)O)c3cc(S(=O)(=O)O)cc(S(=O)(=O)O)c23)cc(C(=O)Nc2ccc(S(=O)(=O)O)c3cc(S(=O)(=O)O)cc(S(=O)(=O)O)c23)c1)Nc1cccc(S(=O)(=O)F)c1. The first-order valence-electron chi connectivity index (χ1n) is 17.8. The number of rotatable bonds is 13. The van der Waals surface area contributed by atoms with Crippen molar-refractivity contribution < 1.29 is 105 Å². The van der Waals surface area contributed by atoms with E-state index in [0.29, 0.717) is 48.5 Å². The number of carbonyl (C=O) groups excluding carboxylic acids is 3. The minimum Gasteiger partial charge on any atom is -0.321 e. The molecule has 6 aromatic rings. The fourth-order valence-electron chi connectivity index (χ4n) is 6.52. The highest BCUT2D eigenvalue weighted by atomic mass is 32.3. The number of benzene rings is 6. The lowest BCUT2D eigenvalue weighted by Crippen LogP contribution is -2.22. The van der Waals surface area contributed by atoms with Crippen molar-refractivity contribution in [1.29, 1.82) is 0 Å². The molecule has 0 radical (unpaired) electrons. The fraction of sp³-hybridized carbons (Fsp3) is 0. The second kappa shape index (κ2) is 18.0. The minimum atomic E-state index is -5.66. The molecule has 10 N–H and O–H groups in total. The molecular weight excluding hydrogens is 1090 g/mol. The second-order valence-electron chi connectivity index (χ2n) is 14.0. The van der Waals surface area contributed by atoms with Gasteiger partial charge in [-0.05, 0) is 84.9 Å². The van der Waals surface area contributed by atoms with Crippen LogP contribution in [0.4, 0.5) is 31.4 Å². The molecule has 27 nitrogen and oxygen atoms in total. The lowest BCUT2D eigenvalue weighted by molar-refractivity contribution is 0.102. The summed E-state index contributed by atoms with van der Waals surface area (Å²) in [6, 6.07) is 7.74. The molecule has 372 valence electrons. The quantitative estimate of drug-likeness (QED) is 0.0586. The van der Waals surface area contributed by atoms with E-state index in [1.165, 1.54) is 0 Å². The van der Waals surface area contributed by atoms with Crippen molar-refractivity contribution in [1.82, 2.24) is 0 Å². The highest BCUT2D eigenvalue weighted by molar-refractivity contribution is 7.88. The first-order valence-corrected chi connectivity index (χ1v) is 27.8. The molecule has 4 amide bonds. The Bertz CT molecular complexity index is 3930. The van der Waals surface area contributed by atoms with Crippen molar-refractivity contribution in [3.05, 3.63) is 102 Å². The zero-order valence-corrected chi connectivity index (χ0v) is 39.2. The summed E-state index contributed by atoms with van der Waals surface area (Å²) in [5, 5.41) is 4.33. The van der Waals surface area contributed by atoms with Gasteiger partial charge in [-0.1, -0.05) is 6.07 Å². The summed E-state index contributed by atoms with van der Waals surface area (Å²) < 4.78 is 244. The fourth-order valence-corrected chi connectivity index (χ4v) is 11.1. The number of anilines is 4. The van der Waals surface area contributed by atoms with Gasteiger partial charge in [-0.2, -0.15) is 58.9 Å². The Balaban J connectivity index is 1.54. The Hall–Kier alpha value is -6.61. The van der Waals surface area contributed by atoms with Crippen molar-refractivity contribution in [2.24, 2.45) is 0 Å². The maximum atomic E-state index is 14.1. The van der Waals surface area contributed by atoms with Crippen molar-refractivity contribution in [3.8, 4) is 0 Å². The number of nitrogens with one attached hydrogen (secondary N) is 4. The average molecular weight is 1110 g/mol. The molecule has 0 aromatic heterocycles. The van der Waals surface area contributed by atoms with E-state index >= 15 is 0 Å². The highest BCUT2D eigenvalue weighted by Gasteiger charge is 2.30. The summed E-state index contributed by atoms with van der Waals surface area (Å²) >= 11 is 0. The van der Waals surface area contributed by atoms with Crippen LogP contribution in [0.2, 0.25) is 0 Å². The third-order valence-corrected chi connectivity index (χ3v) is 15.4. The van der Waals surface area contributed by atoms with Crippen LogP contribution in [0.25, 0.3) is 21.5 Å². The summed E-state index contributed by atoms with van der Waals surface area (Å²) in [5.74, 6) is -2.93. The first-order chi connectivity index (χ1) is 31.8. The van der Waals surface area contributed by atoms with Crippen LogP contribution in [-0.4, -0.2) is 104 Å². The molecule has 0 saturated carbocycles. The van der Waals surface area contributed by atoms with Crippen LogP contribution in [0.1, 0.15) is 20.7 Å². The maximum absolute atomic E-state index is 14.1. The van der Waals surface area contributed by atoms with Crippen LogP contribution in [0, 0.1) is 0 Å². The zero-order valence-electron chi connectivity index (χ0n) is 33.5. The zero-order chi connectivity index (χ0) is 52.5. The van der Waals surface area contributed by atoms with Gasteiger partial charge in [-0.15, -0.1) is 3.89 Å². The topological polar surface area (TPSA) is 460 Å². The summed E-state index contributed by atoms with van der Waals surface area (Å²) in [7, 11) is -38.3. The molecule has 0 atom stereocenters. The molecule has 70 heavy (non-hydrogen) atoms. The van der Waals surface area contributed by atoms with E-state index in [1.54, 1.807) is 0 Å². The first kappa shape index (κ1) is 52.8. The number of halogens is 1. The van der Waals surface area contributed by atoms with E-state index in [2.05, 4.69) is 21.3 Å². The molecular formula is C35H25FN4O23S7. The molecule has 6 aromatic carbocycles. The summed E-state index contributed by atoms with van der Waals surface area (Å²) in [5.41, 5.74) is -4.10. The third-order valence-electron chi connectivity index (χ3n) is 9.32. The van der Waals surface area contributed by atoms with Crippen LogP contribution in [0.5, 0.6) is 0 Å². The number of amides is 4. The predicted octanol–water partition coefficient (Wildman–Crippen LogP) is 3.28. The lowest BCUT2D eigenvalue weighted by Gasteiger charge is -2.17. The smallest absolute Gasteiger partial charge is 0.321 e. The number of hydrogen-bond acceptors (Lipinski definition) is 17. The molecule has 0 aliphatic rings. The standard InChI is InChI=1S/C35H25FN4O23S7/c36-64(44,45)20-3-1-2-18(11-20)37-35(43)38-19-9-16(33(41)39-25-4-6-27(67(52,53)54)23-12-21(65(46,47)48)14-29(31(23)25)69(58,59)60)8-17(10-19)34(42)40-26-5-7-28(68(55,56)57)24-13-22(66(49,50)51)15-30(32(24)26)70(61,62)63/h1-15H,(H,39,41)(H,40,42)(H2,37,38,43)(H,46,47,48)(H,49,50,51)(H,52,53,54)(H,55,56,57)(H,58,59,60)(H,61,62,63). The van der Waals surface area contributed by atoms with Gasteiger partial charge in [0.05, 0.1) is 21.2 Å². The lowest BCUT2D eigenvalue weighted by atomic mass is 10.0. The van der Waals surface area contributed by atoms with Crippen LogP contribution in [0.15, 0.2) is 125 Å². The minimum absolute atomic E-state index is 0.143. The molecule has 0 bridgehead atoms. The van der Waals surface area contributed by atoms with Crippen molar-refractivity contribution in [2.75, 3.05) is 21.3 Å². The molecule has 0 unspecified atom stereocenters. The number of urea groups is 1. The van der Waals surface area contributed by atoms with Gasteiger partial charge in [0.25, 0.3) is 72.5 Å². The number of hydrogen-bond donors (Lipinski definition) is 10. The van der Waals surface area contributed by atoms with Gasteiger partial charge in [-0.3, -0.25) is 36.9 Å². The molecule has 0 saturated heterocycles. The second-order valence-corrected chi connectivity index (χ2v) is 23.8. The van der Waals surface area contributed by atoms with Crippen LogP contribution in [0.3, 0.4) is 0 Å². The van der Waals surface area contributed by atoms with E-state index in [-0.39, 0.29) is 17.8 Å². The van der Waals surface area contributed by atoms with E-state index in [4.69, 9.17) is 0 Å². The maximum Gasteiger partial charge on any atom is 0.332 e. The van der Waals surface area contributed by atoms with E-state index < -0.39 is 173 Å². The monoisotopic (exact) mass is 1110 g/mol. The van der Waals surface area contributed by atoms with Gasteiger partial charge in [0.1, 0.15) is 24.5 Å². The van der Waals surface area contributed by atoms with Crippen molar-refractivity contribution in [3.63, 3.8) is 0 Å². The van der Waals surface area contributed by atoms with E-state index in [0.717, 1.165) is 30.3 Å². The third kappa shape index (κ3) is 11.5. The summed E-state index contributed by atoms with van der Waals surface area (Å²) in [6.07, 6.45) is 0. The van der Waals surface area contributed by atoms with Crippen molar-refractivity contribution in [2.45, 2.75) is 34.3 Å². The Labute approximate surface area is 393 Å². The molecule has 0 heterocycles. The van der Waals surface area contributed by atoms with Gasteiger partial charge in [0.2, 0.25) is 0 Å². The molecule has 35 heteroatoms. The number of fused-ring (bicyclic) bond motifs is 2. The molecule has 0 aliphatic carbocycles. The largest absolute Gasteiger partial charge is 0.332 e. The van der Waals surface area contributed by atoms with Gasteiger partial charge in [0.15, 0.2) is 0 Å². The Morgan fingerprint density at radius 1 is 0.386 bits per heavy atom. The average Bonchev–Trinajstić information content (AvgIpc) is 3.20. The van der Waals surface area contributed by atoms with Gasteiger partial charge in [-0.25, -0.2) is 4.79 Å².